The van der Waals surface area contributed by atoms with Crippen molar-refractivity contribution < 1.29 is 17.9 Å². The first-order chi connectivity index (χ1) is 17.0. The number of amides is 1. The first kappa shape index (κ1) is 24.6. The van der Waals surface area contributed by atoms with Crippen molar-refractivity contribution in [1.29, 1.82) is 0 Å². The summed E-state index contributed by atoms with van der Waals surface area (Å²) >= 11 is 1.32. The molecule has 0 saturated carbocycles. The molecule has 0 radical (unpaired) electrons. The van der Waals surface area contributed by atoms with Gasteiger partial charge in [-0.1, -0.05) is 23.8 Å². The molecule has 0 spiro atoms. The van der Waals surface area contributed by atoms with Crippen molar-refractivity contribution in [3.63, 3.8) is 0 Å². The lowest BCUT2D eigenvalue weighted by molar-refractivity contribution is 0.0240. The van der Waals surface area contributed by atoms with Crippen LogP contribution >= 0.6 is 11.3 Å². The number of benzene rings is 2. The zero-order valence-electron chi connectivity index (χ0n) is 21.2. The van der Waals surface area contributed by atoms with E-state index < -0.39 is 15.6 Å². The molecule has 0 unspecified atom stereocenters. The fraction of sp³-hybridized carbons (Fsp3) is 0.370. The molecule has 2 aromatic carbocycles. The number of carbonyl (C=O) groups excluding carboxylic acids is 1. The Labute approximate surface area is 215 Å². The van der Waals surface area contributed by atoms with Gasteiger partial charge < -0.3 is 14.5 Å². The second-order valence-corrected chi connectivity index (χ2v) is 13.4. The number of anilines is 1. The average molecular weight is 526 g/mol. The maximum atomic E-state index is 13.8. The highest BCUT2D eigenvalue weighted by Crippen LogP contribution is 2.38. The second-order valence-electron chi connectivity index (χ2n) is 10.3. The van der Waals surface area contributed by atoms with Gasteiger partial charge in [-0.3, -0.25) is 0 Å². The number of hydrogen-bond acceptors (Lipinski definition) is 6. The molecule has 0 aliphatic carbocycles. The maximum absolute atomic E-state index is 13.8. The first-order valence-electron chi connectivity index (χ1n) is 12.0. The van der Waals surface area contributed by atoms with E-state index in [1.165, 1.54) is 15.3 Å². The molecule has 0 N–H and O–H groups in total. The number of nitrogens with zero attached hydrogens (tertiary/aromatic N) is 3. The summed E-state index contributed by atoms with van der Waals surface area (Å²) in [5.41, 5.74) is 2.98. The van der Waals surface area contributed by atoms with E-state index in [0.717, 1.165) is 32.3 Å². The number of aromatic nitrogens is 1. The van der Waals surface area contributed by atoms with E-state index in [0.29, 0.717) is 35.9 Å². The molecule has 1 aliphatic heterocycles. The molecule has 36 heavy (non-hydrogen) atoms. The van der Waals surface area contributed by atoms with E-state index in [9.17, 15) is 13.2 Å². The molecule has 1 fully saturated rings. The Bertz CT molecular complexity index is 1570. The molecule has 9 heteroatoms. The number of fused-ring (bicyclic) bond motifs is 2. The summed E-state index contributed by atoms with van der Waals surface area (Å²) in [7, 11) is -3.77. The highest BCUT2D eigenvalue weighted by molar-refractivity contribution is 7.92. The van der Waals surface area contributed by atoms with Crippen LogP contribution in [0, 0.1) is 13.8 Å². The van der Waals surface area contributed by atoms with Gasteiger partial charge in [0.15, 0.2) is 0 Å². The van der Waals surface area contributed by atoms with Crippen LogP contribution in [0.25, 0.3) is 21.0 Å². The number of piperazine rings is 1. The molecular weight excluding hydrogens is 494 g/mol. The van der Waals surface area contributed by atoms with E-state index in [2.05, 4.69) is 4.90 Å². The van der Waals surface area contributed by atoms with E-state index in [1.54, 1.807) is 11.1 Å². The number of thiophene rings is 1. The van der Waals surface area contributed by atoms with Gasteiger partial charge in [-0.25, -0.2) is 8.77 Å². The Kier molecular flexibility index (Phi) is 6.03. The van der Waals surface area contributed by atoms with E-state index in [1.807, 2.05) is 77.1 Å². The fourth-order valence-corrected chi connectivity index (χ4v) is 7.88. The third-order valence-corrected chi connectivity index (χ3v) is 10.0. The first-order valence-corrected chi connectivity index (χ1v) is 14.3. The van der Waals surface area contributed by atoms with Gasteiger partial charge in [0, 0.05) is 48.1 Å². The number of ether oxygens (including phenoxy) is 1. The highest BCUT2D eigenvalue weighted by atomic mass is 32.2. The topological polar surface area (TPSA) is 71.9 Å². The summed E-state index contributed by atoms with van der Waals surface area (Å²) in [4.78, 5) is 16.4. The molecule has 5 rings (SSSR count). The molecule has 190 valence electrons. The van der Waals surface area contributed by atoms with Crippen molar-refractivity contribution in [3.8, 4) is 0 Å². The highest BCUT2D eigenvalue weighted by Gasteiger charge is 2.28. The number of carbonyl (C=O) groups is 1. The van der Waals surface area contributed by atoms with Crippen molar-refractivity contribution in [3.05, 3.63) is 59.8 Å². The van der Waals surface area contributed by atoms with Crippen LogP contribution in [0.5, 0.6) is 0 Å². The summed E-state index contributed by atoms with van der Waals surface area (Å²) in [5.74, 6) is 0. The van der Waals surface area contributed by atoms with Gasteiger partial charge >= 0.3 is 6.09 Å². The van der Waals surface area contributed by atoms with Crippen LogP contribution < -0.4 is 4.90 Å². The fourth-order valence-electron chi connectivity index (χ4n) is 4.72. The second kappa shape index (κ2) is 8.81. The molecule has 1 saturated heterocycles. The van der Waals surface area contributed by atoms with Gasteiger partial charge in [0.25, 0.3) is 10.0 Å². The van der Waals surface area contributed by atoms with Crippen LogP contribution in [0.15, 0.2) is 52.9 Å². The van der Waals surface area contributed by atoms with Gasteiger partial charge in [0.1, 0.15) is 9.81 Å². The summed E-state index contributed by atoms with van der Waals surface area (Å²) in [6, 6.07) is 13.7. The minimum absolute atomic E-state index is 0.300. The van der Waals surface area contributed by atoms with E-state index in [-0.39, 0.29) is 6.09 Å². The monoisotopic (exact) mass is 525 g/mol. The van der Waals surface area contributed by atoms with Gasteiger partial charge in [-0.2, -0.15) is 8.42 Å². The smallest absolute Gasteiger partial charge is 0.410 e. The van der Waals surface area contributed by atoms with Crippen molar-refractivity contribution >= 4 is 54.1 Å². The molecule has 3 heterocycles. The Morgan fingerprint density at radius 3 is 2.39 bits per heavy atom. The Hall–Kier alpha value is -3.04. The summed E-state index contributed by atoms with van der Waals surface area (Å²) < 4.78 is 35.9. The predicted octanol–water partition coefficient (Wildman–Crippen LogP) is 5.77. The lowest BCUT2D eigenvalue weighted by Gasteiger charge is -2.37. The van der Waals surface area contributed by atoms with Crippen molar-refractivity contribution in [2.24, 2.45) is 0 Å². The van der Waals surface area contributed by atoms with E-state index in [4.69, 9.17) is 4.74 Å². The van der Waals surface area contributed by atoms with Crippen LogP contribution in [-0.2, 0) is 14.8 Å². The summed E-state index contributed by atoms with van der Waals surface area (Å²) in [5, 5.41) is 1.86. The quantitative estimate of drug-likeness (QED) is 0.340. The van der Waals surface area contributed by atoms with Gasteiger partial charge in [-0.05, 0) is 69.8 Å². The van der Waals surface area contributed by atoms with Crippen LogP contribution in [0.2, 0.25) is 0 Å². The predicted molar refractivity (Wildman–Crippen MR) is 146 cm³/mol. The lowest BCUT2D eigenvalue weighted by Crippen LogP contribution is -2.50. The minimum Gasteiger partial charge on any atom is -0.444 e. The standard InChI is InChI=1S/C27H31N3O4S2/c1-18-9-10-24-21(17-18)19(2)25(35-24)36(32,33)30-12-11-20-22(7-6-8-23(20)30)28-13-15-29(16-14-28)26(31)34-27(3,4)5/h6-12,17H,13-16H2,1-5H3. The SMILES string of the molecule is Cc1ccc2sc(S(=O)(=O)n3ccc4c(N5CCN(C(=O)OC(C)(C)C)CC5)cccc43)c(C)c2c1. The van der Waals surface area contributed by atoms with Crippen LogP contribution in [-0.4, -0.2) is 55.2 Å². The van der Waals surface area contributed by atoms with Crippen LogP contribution in [0.3, 0.4) is 0 Å². The largest absolute Gasteiger partial charge is 0.444 e. The van der Waals surface area contributed by atoms with Crippen molar-refractivity contribution in [2.45, 2.75) is 44.4 Å². The Morgan fingerprint density at radius 2 is 1.69 bits per heavy atom. The molecule has 2 aromatic heterocycles. The molecule has 4 aromatic rings. The number of aryl methyl sites for hydroxylation is 2. The Balaban J connectivity index is 1.45. The third-order valence-electron chi connectivity index (χ3n) is 6.49. The van der Waals surface area contributed by atoms with Crippen molar-refractivity contribution in [2.75, 3.05) is 31.1 Å². The lowest BCUT2D eigenvalue weighted by atomic mass is 10.1. The van der Waals surface area contributed by atoms with Gasteiger partial charge in [0.2, 0.25) is 0 Å². The Morgan fingerprint density at radius 1 is 0.972 bits per heavy atom. The minimum atomic E-state index is -3.77. The normalized spacial score (nSPS) is 15.1. The number of rotatable bonds is 3. The molecule has 1 aliphatic rings. The zero-order chi connectivity index (χ0) is 25.8. The van der Waals surface area contributed by atoms with Crippen LogP contribution in [0.1, 0.15) is 31.9 Å². The van der Waals surface area contributed by atoms with Gasteiger partial charge in [-0.15, -0.1) is 11.3 Å². The molecule has 7 nitrogen and oxygen atoms in total. The third kappa shape index (κ3) is 4.35. The average Bonchev–Trinajstić information content (AvgIpc) is 3.40. The summed E-state index contributed by atoms with van der Waals surface area (Å²) in [6.07, 6.45) is 1.35. The molecular formula is C27H31N3O4S2. The van der Waals surface area contributed by atoms with Gasteiger partial charge in [0.05, 0.1) is 5.52 Å². The molecule has 0 atom stereocenters. The zero-order valence-corrected chi connectivity index (χ0v) is 22.9. The maximum Gasteiger partial charge on any atom is 0.410 e. The van der Waals surface area contributed by atoms with E-state index >= 15 is 0 Å². The molecule has 0 bridgehead atoms. The number of hydrogen-bond donors (Lipinski definition) is 0. The van der Waals surface area contributed by atoms with Crippen molar-refractivity contribution in [1.82, 2.24) is 8.87 Å². The van der Waals surface area contributed by atoms with Crippen LogP contribution in [0.4, 0.5) is 10.5 Å². The summed E-state index contributed by atoms with van der Waals surface area (Å²) in [6.45, 7) is 11.9. The molecule has 1 amide bonds.